The molecule has 0 saturated carbocycles. The first-order valence-electron chi connectivity index (χ1n) is 3.91. The molecule has 0 bridgehead atoms. The largest absolute Gasteiger partial charge is 0.325 e. The van der Waals surface area contributed by atoms with E-state index in [2.05, 4.69) is 0 Å². The van der Waals surface area contributed by atoms with Gasteiger partial charge in [-0.25, -0.2) is 0 Å². The zero-order valence-electron chi connectivity index (χ0n) is 7.41. The monoisotopic (exact) mass is 236 g/mol. The van der Waals surface area contributed by atoms with Crippen molar-refractivity contribution in [2.45, 2.75) is 5.92 Å². The normalized spacial score (nSPS) is 11.5. The fraction of sp³-hybridized carbons (Fsp3) is 0.250. The van der Waals surface area contributed by atoms with Crippen molar-refractivity contribution in [2.75, 3.05) is 6.54 Å². The Morgan fingerprint density at radius 3 is 2.60 bits per heavy atom. The van der Waals surface area contributed by atoms with Crippen LogP contribution in [0.25, 0.3) is 0 Å². The molecule has 0 fully saturated rings. The smallest absolute Gasteiger partial charge is 0.293 e. The van der Waals surface area contributed by atoms with Crippen LogP contribution in [0, 0.1) is 10.1 Å². The maximum Gasteiger partial charge on any atom is 0.293 e. The second-order valence-corrected chi connectivity index (χ2v) is 3.21. The van der Waals surface area contributed by atoms with Crippen LogP contribution in [-0.4, -0.2) is 11.5 Å². The molecule has 0 aliphatic heterocycles. The third-order valence-electron chi connectivity index (χ3n) is 1.81. The van der Waals surface area contributed by atoms with Crippen LogP contribution < -0.4 is 5.73 Å². The van der Waals surface area contributed by atoms with E-state index >= 15 is 0 Å². The molecule has 82 valence electrons. The third-order valence-corrected chi connectivity index (χ3v) is 2.13. The van der Waals surface area contributed by atoms with Gasteiger partial charge in [0.25, 0.3) is 11.6 Å². The number of hydrogen-bond donors (Lipinski definition) is 1. The van der Waals surface area contributed by atoms with Crippen molar-refractivity contribution < 1.29 is 13.7 Å². The summed E-state index contributed by atoms with van der Waals surface area (Å²) in [5.41, 5.74) is 3.29. The molecule has 1 aromatic rings. The fourth-order valence-corrected chi connectivity index (χ4v) is 1.44. The Bertz CT molecular complexity index is 398. The van der Waals surface area contributed by atoms with Crippen LogP contribution in [-0.2, 0) is 5.92 Å². The van der Waals surface area contributed by atoms with Crippen molar-refractivity contribution in [1.29, 1.82) is 0 Å². The number of nitro groups is 1. The van der Waals surface area contributed by atoms with Crippen LogP contribution in [0.2, 0.25) is 5.02 Å². The van der Waals surface area contributed by atoms with Crippen molar-refractivity contribution in [3.8, 4) is 0 Å². The first kappa shape index (κ1) is 11.8. The summed E-state index contributed by atoms with van der Waals surface area (Å²) in [6.07, 6.45) is 0. The molecule has 0 saturated heterocycles. The van der Waals surface area contributed by atoms with Gasteiger partial charge in [0.1, 0.15) is 5.56 Å². The fourth-order valence-electron chi connectivity index (χ4n) is 1.13. The number of nitrogens with zero attached hydrogens (tertiary/aromatic N) is 1. The lowest BCUT2D eigenvalue weighted by atomic mass is 10.1. The molecule has 0 aliphatic rings. The van der Waals surface area contributed by atoms with Crippen molar-refractivity contribution in [3.63, 3.8) is 0 Å². The Labute approximate surface area is 88.8 Å². The SMILES string of the molecule is NCC(F)(F)c1c(Cl)cccc1[N+](=O)[O-]. The highest BCUT2D eigenvalue weighted by atomic mass is 35.5. The topological polar surface area (TPSA) is 69.2 Å². The zero-order chi connectivity index (χ0) is 11.6. The van der Waals surface area contributed by atoms with Gasteiger partial charge in [0.15, 0.2) is 0 Å². The van der Waals surface area contributed by atoms with Crippen molar-refractivity contribution in [2.24, 2.45) is 5.73 Å². The summed E-state index contributed by atoms with van der Waals surface area (Å²) in [5.74, 6) is -3.50. The van der Waals surface area contributed by atoms with E-state index in [-0.39, 0.29) is 5.02 Å². The summed E-state index contributed by atoms with van der Waals surface area (Å²) in [4.78, 5) is 9.60. The number of hydrogen-bond acceptors (Lipinski definition) is 3. The number of nitro benzene ring substituents is 1. The number of halogens is 3. The average Bonchev–Trinajstić information content (AvgIpc) is 2.17. The van der Waals surface area contributed by atoms with Gasteiger partial charge >= 0.3 is 0 Å². The number of alkyl halides is 2. The van der Waals surface area contributed by atoms with Crippen LogP contribution in [0.3, 0.4) is 0 Å². The lowest BCUT2D eigenvalue weighted by Crippen LogP contribution is -2.26. The quantitative estimate of drug-likeness (QED) is 0.647. The minimum atomic E-state index is -3.50. The average molecular weight is 237 g/mol. The first-order chi connectivity index (χ1) is 6.90. The molecular formula is C8H7ClF2N2O2. The molecule has 2 N–H and O–H groups in total. The zero-order valence-corrected chi connectivity index (χ0v) is 8.17. The Hall–Kier alpha value is -1.27. The van der Waals surface area contributed by atoms with E-state index in [0.717, 1.165) is 12.1 Å². The summed E-state index contributed by atoms with van der Waals surface area (Å²) >= 11 is 5.50. The Morgan fingerprint density at radius 1 is 1.53 bits per heavy atom. The van der Waals surface area contributed by atoms with Crippen molar-refractivity contribution >= 4 is 17.3 Å². The molecule has 0 aromatic heterocycles. The molecule has 1 rings (SSSR count). The van der Waals surface area contributed by atoms with E-state index in [9.17, 15) is 18.9 Å². The molecule has 7 heteroatoms. The molecule has 1 aromatic carbocycles. The van der Waals surface area contributed by atoms with Gasteiger partial charge in [-0.3, -0.25) is 10.1 Å². The number of nitrogens with two attached hydrogens (primary N) is 1. The van der Waals surface area contributed by atoms with Gasteiger partial charge in [0.05, 0.1) is 16.5 Å². The van der Waals surface area contributed by atoms with Gasteiger partial charge < -0.3 is 5.73 Å². The lowest BCUT2D eigenvalue weighted by Gasteiger charge is -2.15. The molecule has 0 aliphatic carbocycles. The van der Waals surface area contributed by atoms with E-state index in [0.29, 0.717) is 0 Å². The van der Waals surface area contributed by atoms with Gasteiger partial charge in [-0.2, -0.15) is 8.78 Å². The highest BCUT2D eigenvalue weighted by Gasteiger charge is 2.38. The first-order valence-corrected chi connectivity index (χ1v) is 4.29. The van der Waals surface area contributed by atoms with Crippen LogP contribution >= 0.6 is 11.6 Å². The van der Waals surface area contributed by atoms with Gasteiger partial charge in [0, 0.05) is 6.07 Å². The van der Waals surface area contributed by atoms with Gasteiger partial charge in [-0.15, -0.1) is 0 Å². The maximum atomic E-state index is 13.3. The molecule has 4 nitrogen and oxygen atoms in total. The summed E-state index contributed by atoms with van der Waals surface area (Å²) in [6, 6.07) is 3.36. The summed E-state index contributed by atoms with van der Waals surface area (Å²) in [7, 11) is 0. The van der Waals surface area contributed by atoms with E-state index in [4.69, 9.17) is 17.3 Å². The highest BCUT2D eigenvalue weighted by Crippen LogP contribution is 2.38. The van der Waals surface area contributed by atoms with Crippen LogP contribution in [0.5, 0.6) is 0 Å². The van der Waals surface area contributed by atoms with Gasteiger partial charge in [-0.05, 0) is 6.07 Å². The minimum absolute atomic E-state index is 0.361. The minimum Gasteiger partial charge on any atom is -0.325 e. The molecule has 0 unspecified atom stereocenters. The standard InChI is InChI=1S/C8H7ClF2N2O2/c9-5-2-1-3-6(13(14)15)7(5)8(10,11)4-12/h1-3H,4,12H2. The third kappa shape index (κ3) is 2.21. The molecule has 0 spiro atoms. The molecule has 0 amide bonds. The van der Waals surface area contributed by atoms with Crippen LogP contribution in [0.15, 0.2) is 18.2 Å². The summed E-state index contributed by atoms with van der Waals surface area (Å²) in [5, 5.41) is 10.1. The van der Waals surface area contributed by atoms with Gasteiger partial charge in [0.2, 0.25) is 0 Å². The Balaban J connectivity index is 3.44. The molecule has 0 heterocycles. The van der Waals surface area contributed by atoms with E-state index < -0.39 is 28.6 Å². The predicted octanol–water partition coefficient (Wildman–Crippen LogP) is 2.30. The molecule has 0 atom stereocenters. The Morgan fingerprint density at radius 2 is 2.13 bits per heavy atom. The molecule has 15 heavy (non-hydrogen) atoms. The van der Waals surface area contributed by atoms with E-state index in [1.807, 2.05) is 0 Å². The second-order valence-electron chi connectivity index (χ2n) is 2.80. The summed E-state index contributed by atoms with van der Waals surface area (Å²) < 4.78 is 26.5. The van der Waals surface area contributed by atoms with Crippen molar-refractivity contribution in [3.05, 3.63) is 38.9 Å². The second kappa shape index (κ2) is 4.08. The van der Waals surface area contributed by atoms with Crippen molar-refractivity contribution in [1.82, 2.24) is 0 Å². The highest BCUT2D eigenvalue weighted by molar-refractivity contribution is 6.31. The number of rotatable bonds is 3. The van der Waals surface area contributed by atoms with Crippen LogP contribution in [0.1, 0.15) is 5.56 Å². The summed E-state index contributed by atoms with van der Waals surface area (Å²) in [6.45, 7) is -1.03. The molecular weight excluding hydrogens is 230 g/mol. The van der Waals surface area contributed by atoms with E-state index in [1.54, 1.807) is 0 Å². The van der Waals surface area contributed by atoms with Crippen LogP contribution in [0.4, 0.5) is 14.5 Å². The Kier molecular flexibility index (Phi) is 3.21. The molecule has 0 radical (unpaired) electrons. The predicted molar refractivity (Wildman–Crippen MR) is 51.1 cm³/mol. The number of benzene rings is 1. The van der Waals surface area contributed by atoms with Gasteiger partial charge in [-0.1, -0.05) is 17.7 Å². The lowest BCUT2D eigenvalue weighted by molar-refractivity contribution is -0.387. The maximum absolute atomic E-state index is 13.3. The van der Waals surface area contributed by atoms with E-state index in [1.165, 1.54) is 6.07 Å².